The number of anilines is 1. The smallest absolute Gasteiger partial charge is 0.320 e. The maximum atomic E-state index is 12.3. The number of benzene rings is 1. The van der Waals surface area contributed by atoms with Gasteiger partial charge in [0.05, 0.1) is 17.3 Å². The molecule has 0 bridgehead atoms. The Kier molecular flexibility index (Phi) is 5.71. The lowest BCUT2D eigenvalue weighted by Crippen LogP contribution is -2.56. The Bertz CT molecular complexity index is 586. The van der Waals surface area contributed by atoms with Gasteiger partial charge in [0.2, 0.25) is 5.91 Å². The van der Waals surface area contributed by atoms with Gasteiger partial charge >= 0.3 is 6.03 Å². The van der Waals surface area contributed by atoms with Gasteiger partial charge < -0.3 is 21.1 Å². The molecule has 126 valence electrons. The van der Waals surface area contributed by atoms with Crippen molar-refractivity contribution in [2.45, 2.75) is 44.6 Å². The first-order valence-electron chi connectivity index (χ1n) is 7.79. The molecule has 1 aromatic rings. The van der Waals surface area contributed by atoms with E-state index in [-0.39, 0.29) is 0 Å². The van der Waals surface area contributed by atoms with Crippen molar-refractivity contribution in [1.82, 2.24) is 5.32 Å². The Balaban J connectivity index is 2.11. The molecule has 0 aromatic heterocycles. The Morgan fingerprint density at radius 1 is 1.35 bits per heavy atom. The molecule has 0 heterocycles. The van der Waals surface area contributed by atoms with Crippen LogP contribution in [0.4, 0.5) is 10.5 Å². The van der Waals surface area contributed by atoms with E-state index in [0.717, 1.165) is 19.3 Å². The summed E-state index contributed by atoms with van der Waals surface area (Å²) < 4.78 is 5.59. The van der Waals surface area contributed by atoms with Crippen LogP contribution in [0, 0.1) is 0 Å². The molecule has 1 fully saturated rings. The number of hydrogen-bond donors (Lipinski definition) is 3. The molecule has 7 heteroatoms. The minimum atomic E-state index is -0.965. The number of ether oxygens (including phenoxy) is 1. The molecule has 2 rings (SSSR count). The van der Waals surface area contributed by atoms with Crippen LogP contribution < -0.4 is 21.1 Å². The quantitative estimate of drug-likeness (QED) is 0.743. The highest BCUT2D eigenvalue weighted by atomic mass is 35.5. The van der Waals surface area contributed by atoms with Crippen molar-refractivity contribution < 1.29 is 14.3 Å². The topological polar surface area (TPSA) is 93.4 Å². The predicted octanol–water partition coefficient (Wildman–Crippen LogP) is 3.05. The van der Waals surface area contributed by atoms with Crippen molar-refractivity contribution in [3.8, 4) is 5.75 Å². The van der Waals surface area contributed by atoms with Gasteiger partial charge in [-0.05, 0) is 31.4 Å². The average molecular weight is 340 g/mol. The van der Waals surface area contributed by atoms with E-state index in [9.17, 15) is 9.59 Å². The predicted molar refractivity (Wildman–Crippen MR) is 89.8 cm³/mol. The van der Waals surface area contributed by atoms with Crippen molar-refractivity contribution in [2.24, 2.45) is 5.73 Å². The average Bonchev–Trinajstić information content (AvgIpc) is 2.96. The highest BCUT2D eigenvalue weighted by molar-refractivity contribution is 6.32. The van der Waals surface area contributed by atoms with Crippen LogP contribution in [0.5, 0.6) is 5.75 Å². The van der Waals surface area contributed by atoms with Gasteiger partial charge in [-0.1, -0.05) is 37.4 Å². The van der Waals surface area contributed by atoms with Crippen LogP contribution in [0.3, 0.4) is 0 Å². The molecule has 1 aliphatic carbocycles. The van der Waals surface area contributed by atoms with E-state index in [1.165, 1.54) is 0 Å². The van der Waals surface area contributed by atoms with Crippen LogP contribution in [-0.2, 0) is 4.79 Å². The Hall–Kier alpha value is -1.95. The summed E-state index contributed by atoms with van der Waals surface area (Å²) in [7, 11) is 0. The SMILES string of the molecule is CCCOc1c(Cl)cccc1NC(=O)NC1(C(N)=O)CCCC1. The maximum Gasteiger partial charge on any atom is 0.320 e. The van der Waals surface area contributed by atoms with E-state index >= 15 is 0 Å². The van der Waals surface area contributed by atoms with E-state index in [0.29, 0.717) is 35.9 Å². The summed E-state index contributed by atoms with van der Waals surface area (Å²) in [4.78, 5) is 24.0. The van der Waals surface area contributed by atoms with Gasteiger partial charge in [0.1, 0.15) is 5.54 Å². The number of primary amides is 1. The van der Waals surface area contributed by atoms with Crippen molar-refractivity contribution in [3.63, 3.8) is 0 Å². The van der Waals surface area contributed by atoms with E-state index in [2.05, 4.69) is 10.6 Å². The number of hydrogen-bond acceptors (Lipinski definition) is 3. The van der Waals surface area contributed by atoms with Crippen LogP contribution >= 0.6 is 11.6 Å². The van der Waals surface area contributed by atoms with Gasteiger partial charge in [0.25, 0.3) is 0 Å². The molecule has 0 saturated heterocycles. The molecule has 3 amide bonds. The van der Waals surface area contributed by atoms with Gasteiger partial charge in [-0.3, -0.25) is 4.79 Å². The first-order valence-corrected chi connectivity index (χ1v) is 8.16. The lowest BCUT2D eigenvalue weighted by atomic mass is 9.97. The number of carbonyl (C=O) groups excluding carboxylic acids is 2. The van der Waals surface area contributed by atoms with E-state index in [1.807, 2.05) is 6.92 Å². The number of nitrogens with one attached hydrogen (secondary N) is 2. The standard InChI is InChI=1S/C16H22ClN3O3/c1-2-10-23-13-11(17)6-5-7-12(13)19-15(22)20-16(14(18)21)8-3-4-9-16/h5-7H,2-4,8-10H2,1H3,(H2,18,21)(H2,19,20,22). The van der Waals surface area contributed by atoms with Gasteiger partial charge in [-0.15, -0.1) is 0 Å². The summed E-state index contributed by atoms with van der Waals surface area (Å²) >= 11 is 6.13. The second-order valence-electron chi connectivity index (χ2n) is 5.70. The number of para-hydroxylation sites is 1. The summed E-state index contributed by atoms with van der Waals surface area (Å²) in [6.07, 6.45) is 3.67. The second kappa shape index (κ2) is 7.55. The van der Waals surface area contributed by atoms with Crippen LogP contribution in [0.25, 0.3) is 0 Å². The molecule has 0 unspecified atom stereocenters. The Morgan fingerprint density at radius 2 is 2.04 bits per heavy atom. The van der Waals surface area contributed by atoms with Crippen molar-refractivity contribution in [1.29, 1.82) is 0 Å². The molecule has 0 aliphatic heterocycles. The fraction of sp³-hybridized carbons (Fsp3) is 0.500. The third-order valence-corrected chi connectivity index (χ3v) is 4.24. The Morgan fingerprint density at radius 3 is 2.65 bits per heavy atom. The molecule has 0 atom stereocenters. The van der Waals surface area contributed by atoms with Crippen molar-refractivity contribution >= 4 is 29.2 Å². The summed E-state index contributed by atoms with van der Waals surface area (Å²) in [6.45, 7) is 2.47. The molecular formula is C16H22ClN3O3. The van der Waals surface area contributed by atoms with Crippen molar-refractivity contribution in [2.75, 3.05) is 11.9 Å². The second-order valence-corrected chi connectivity index (χ2v) is 6.10. The minimum absolute atomic E-state index is 0.418. The number of urea groups is 1. The molecule has 4 N–H and O–H groups in total. The van der Waals surface area contributed by atoms with Gasteiger partial charge in [0, 0.05) is 0 Å². The number of amides is 3. The summed E-state index contributed by atoms with van der Waals surface area (Å²) in [6, 6.07) is 4.62. The summed E-state index contributed by atoms with van der Waals surface area (Å²) in [5.41, 5.74) is 4.96. The zero-order valence-corrected chi connectivity index (χ0v) is 13.9. The first kappa shape index (κ1) is 17.4. The van der Waals surface area contributed by atoms with E-state index in [1.54, 1.807) is 18.2 Å². The fourth-order valence-electron chi connectivity index (χ4n) is 2.74. The van der Waals surface area contributed by atoms with Crippen LogP contribution in [0.2, 0.25) is 5.02 Å². The van der Waals surface area contributed by atoms with Crippen LogP contribution in [0.15, 0.2) is 18.2 Å². The van der Waals surface area contributed by atoms with Gasteiger partial charge in [-0.25, -0.2) is 4.79 Å². The van der Waals surface area contributed by atoms with E-state index < -0.39 is 17.5 Å². The van der Waals surface area contributed by atoms with Gasteiger partial charge in [0.15, 0.2) is 5.75 Å². The maximum absolute atomic E-state index is 12.3. The monoisotopic (exact) mass is 339 g/mol. The first-order chi connectivity index (χ1) is 11.0. The molecule has 0 radical (unpaired) electrons. The normalized spacial score (nSPS) is 15.9. The molecule has 6 nitrogen and oxygen atoms in total. The third-order valence-electron chi connectivity index (χ3n) is 3.95. The van der Waals surface area contributed by atoms with Crippen molar-refractivity contribution in [3.05, 3.63) is 23.2 Å². The van der Waals surface area contributed by atoms with E-state index in [4.69, 9.17) is 22.1 Å². The number of nitrogens with two attached hydrogens (primary N) is 1. The number of halogens is 1. The fourth-order valence-corrected chi connectivity index (χ4v) is 2.97. The lowest BCUT2D eigenvalue weighted by molar-refractivity contribution is -0.123. The summed E-state index contributed by atoms with van der Waals surface area (Å²) in [5, 5.41) is 5.84. The lowest BCUT2D eigenvalue weighted by Gasteiger charge is -2.26. The highest BCUT2D eigenvalue weighted by Crippen LogP contribution is 2.34. The van der Waals surface area contributed by atoms with Crippen LogP contribution in [-0.4, -0.2) is 24.1 Å². The Labute approximate surface area is 140 Å². The van der Waals surface area contributed by atoms with Crippen LogP contribution in [0.1, 0.15) is 39.0 Å². The zero-order chi connectivity index (χ0) is 16.9. The third kappa shape index (κ3) is 4.07. The minimum Gasteiger partial charge on any atom is -0.490 e. The highest BCUT2D eigenvalue weighted by Gasteiger charge is 2.41. The molecule has 0 spiro atoms. The number of carbonyl (C=O) groups is 2. The molecule has 1 aromatic carbocycles. The largest absolute Gasteiger partial charge is 0.490 e. The zero-order valence-electron chi connectivity index (χ0n) is 13.2. The summed E-state index contributed by atoms with van der Waals surface area (Å²) in [5.74, 6) is -0.0792. The van der Waals surface area contributed by atoms with Gasteiger partial charge in [-0.2, -0.15) is 0 Å². The molecular weight excluding hydrogens is 318 g/mol. The molecule has 1 aliphatic rings. The number of rotatable bonds is 6. The molecule has 1 saturated carbocycles. The molecule has 23 heavy (non-hydrogen) atoms.